The Morgan fingerprint density at radius 2 is 1.92 bits per heavy atom. The van der Waals surface area contributed by atoms with Gasteiger partial charge in [0.15, 0.2) is 0 Å². The fraction of sp³-hybridized carbons (Fsp3) is 0.567. The molecule has 1 saturated carbocycles. The first-order valence-electron chi connectivity index (χ1n) is 13.8. The van der Waals surface area contributed by atoms with E-state index >= 15 is 0 Å². The number of likely N-dealkylation sites (tertiary alicyclic amines) is 1. The number of aromatic nitrogens is 1. The van der Waals surface area contributed by atoms with E-state index < -0.39 is 11.0 Å². The summed E-state index contributed by atoms with van der Waals surface area (Å²) in [5, 5.41) is 3.22. The summed E-state index contributed by atoms with van der Waals surface area (Å²) < 4.78 is 5.55. The Labute approximate surface area is 236 Å². The van der Waals surface area contributed by atoms with Crippen molar-refractivity contribution < 1.29 is 14.3 Å². The zero-order valence-electron chi connectivity index (χ0n) is 23.5. The summed E-state index contributed by atoms with van der Waals surface area (Å²) in [6.45, 7) is 12.3. The lowest BCUT2D eigenvalue weighted by atomic mass is 9.70. The lowest BCUT2D eigenvalue weighted by molar-refractivity contribution is -0.123. The average molecular weight is 555 g/mol. The Morgan fingerprint density at radius 3 is 2.49 bits per heavy atom. The van der Waals surface area contributed by atoms with E-state index in [1.165, 1.54) is 0 Å². The van der Waals surface area contributed by atoms with E-state index in [4.69, 9.17) is 21.3 Å². The van der Waals surface area contributed by atoms with Gasteiger partial charge in [0.1, 0.15) is 18.0 Å². The van der Waals surface area contributed by atoms with Crippen molar-refractivity contribution in [3.8, 4) is 0 Å². The minimum atomic E-state index is -0.659. The number of nitroso groups, excluding NO2 is 1. The number of fused-ring (bicyclic) bond motifs is 2. The van der Waals surface area contributed by atoms with Crippen LogP contribution in [0.3, 0.4) is 0 Å². The number of amides is 2. The van der Waals surface area contributed by atoms with Crippen LogP contribution in [0.5, 0.6) is 0 Å². The van der Waals surface area contributed by atoms with Crippen molar-refractivity contribution in [2.75, 3.05) is 24.5 Å². The molecule has 2 aliphatic heterocycles. The predicted octanol–water partition coefficient (Wildman–Crippen LogP) is 7.09. The summed E-state index contributed by atoms with van der Waals surface area (Å²) in [4.78, 5) is 46.4. The summed E-state index contributed by atoms with van der Waals surface area (Å²) in [6, 6.07) is 2.17. The van der Waals surface area contributed by atoms with Crippen molar-refractivity contribution in [1.29, 1.82) is 0 Å². The number of carbonyl (C=O) groups excluding carboxylic acids is 2. The highest BCUT2D eigenvalue weighted by Crippen LogP contribution is 2.52. The number of piperidine rings is 1. The Bertz CT molecular complexity index is 1200. The highest BCUT2D eigenvalue weighted by Gasteiger charge is 2.53. The molecule has 4 rings (SSSR count). The second-order valence-corrected chi connectivity index (χ2v) is 12.2. The van der Waals surface area contributed by atoms with Crippen LogP contribution in [-0.2, 0) is 14.9 Å². The molecule has 0 atom stereocenters. The van der Waals surface area contributed by atoms with Crippen molar-refractivity contribution in [2.45, 2.75) is 89.6 Å². The van der Waals surface area contributed by atoms with Gasteiger partial charge in [-0.25, -0.2) is 9.78 Å². The Hall–Kier alpha value is -3.00. The first kappa shape index (κ1) is 29.0. The second kappa shape index (κ2) is 11.6. The van der Waals surface area contributed by atoms with Crippen molar-refractivity contribution >= 4 is 29.4 Å². The van der Waals surface area contributed by atoms with E-state index in [1.807, 2.05) is 40.0 Å². The Morgan fingerprint density at radius 1 is 1.26 bits per heavy atom. The highest BCUT2D eigenvalue weighted by atomic mass is 35.5. The highest BCUT2D eigenvalue weighted by molar-refractivity contribution is 6.32. The first-order valence-corrected chi connectivity index (χ1v) is 14.2. The van der Waals surface area contributed by atoms with Crippen LogP contribution >= 0.6 is 11.6 Å². The van der Waals surface area contributed by atoms with Crippen LogP contribution in [0.2, 0.25) is 0 Å². The molecule has 1 aromatic heterocycles. The number of halogens is 1. The van der Waals surface area contributed by atoms with Crippen LogP contribution in [-0.4, -0.2) is 47.1 Å². The SMILES string of the molecule is C=C(Cl)/C(CN=O)=C(\C=CC)N1C(=O)C2(CCCCC2)c2cc(C3CCN(C(=O)OC(C)(C)C)CC3)cnc21. The van der Waals surface area contributed by atoms with Crippen molar-refractivity contribution in [2.24, 2.45) is 5.18 Å². The lowest BCUT2D eigenvalue weighted by Crippen LogP contribution is -2.41. The van der Waals surface area contributed by atoms with E-state index in [0.29, 0.717) is 30.2 Å². The Kier molecular flexibility index (Phi) is 8.64. The van der Waals surface area contributed by atoms with E-state index in [1.54, 1.807) is 15.9 Å². The number of nitrogens with zero attached hydrogens (tertiary/aromatic N) is 4. The van der Waals surface area contributed by atoms with E-state index in [-0.39, 0.29) is 29.5 Å². The molecule has 1 spiro atoms. The van der Waals surface area contributed by atoms with Crippen LogP contribution in [0.15, 0.2) is 52.5 Å². The summed E-state index contributed by atoms with van der Waals surface area (Å²) in [6.07, 6.45) is 11.3. The molecule has 0 bridgehead atoms. The molecular formula is C30H39ClN4O4. The summed E-state index contributed by atoms with van der Waals surface area (Å²) >= 11 is 6.30. The fourth-order valence-electron chi connectivity index (χ4n) is 6.07. The molecule has 8 nitrogen and oxygen atoms in total. The smallest absolute Gasteiger partial charge is 0.410 e. The van der Waals surface area contributed by atoms with E-state index in [0.717, 1.165) is 56.1 Å². The van der Waals surface area contributed by atoms with Gasteiger partial charge in [-0.2, -0.15) is 4.91 Å². The molecule has 1 aromatic rings. The second-order valence-electron chi connectivity index (χ2n) is 11.7. The third-order valence-corrected chi connectivity index (χ3v) is 8.21. The van der Waals surface area contributed by atoms with Crippen LogP contribution < -0.4 is 4.90 Å². The predicted molar refractivity (Wildman–Crippen MR) is 154 cm³/mol. The first-order chi connectivity index (χ1) is 18.5. The third-order valence-electron chi connectivity index (χ3n) is 7.98. The molecule has 39 heavy (non-hydrogen) atoms. The molecule has 0 aromatic carbocycles. The molecule has 0 radical (unpaired) electrons. The van der Waals surface area contributed by atoms with Gasteiger partial charge in [-0.1, -0.05) is 48.7 Å². The number of anilines is 1. The van der Waals surface area contributed by atoms with Crippen molar-refractivity contribution in [3.63, 3.8) is 0 Å². The molecule has 210 valence electrons. The van der Waals surface area contributed by atoms with Crippen LogP contribution in [0.1, 0.15) is 89.7 Å². The maximum Gasteiger partial charge on any atom is 0.410 e. The van der Waals surface area contributed by atoms with Crippen LogP contribution in [0, 0.1) is 4.91 Å². The minimum absolute atomic E-state index is 0.0315. The van der Waals surface area contributed by atoms with Gasteiger partial charge >= 0.3 is 6.09 Å². The summed E-state index contributed by atoms with van der Waals surface area (Å²) in [5.74, 6) is 0.788. The van der Waals surface area contributed by atoms with Crippen LogP contribution in [0.4, 0.5) is 10.6 Å². The van der Waals surface area contributed by atoms with E-state index in [9.17, 15) is 14.5 Å². The van der Waals surface area contributed by atoms with Crippen LogP contribution in [0.25, 0.3) is 0 Å². The fourth-order valence-corrected chi connectivity index (χ4v) is 6.23. The number of rotatable bonds is 6. The summed E-state index contributed by atoms with van der Waals surface area (Å²) in [7, 11) is 0. The number of allylic oxidation sites excluding steroid dienone is 2. The molecule has 3 aliphatic rings. The molecule has 1 aliphatic carbocycles. The zero-order valence-corrected chi connectivity index (χ0v) is 24.2. The van der Waals surface area contributed by atoms with Gasteiger partial charge < -0.3 is 9.64 Å². The molecule has 2 fully saturated rings. The Balaban J connectivity index is 1.70. The molecule has 0 N–H and O–H groups in total. The normalized spacial score (nSPS) is 20.3. The summed E-state index contributed by atoms with van der Waals surface area (Å²) in [5.41, 5.74) is 1.76. The number of hydrogen-bond acceptors (Lipinski definition) is 6. The molecule has 2 amide bonds. The molecule has 9 heteroatoms. The average Bonchev–Trinajstić information content (AvgIpc) is 3.12. The monoisotopic (exact) mass is 554 g/mol. The van der Waals surface area contributed by atoms with E-state index in [2.05, 4.69) is 17.8 Å². The minimum Gasteiger partial charge on any atom is -0.444 e. The van der Waals surface area contributed by atoms with Gasteiger partial charge in [-0.05, 0) is 77.0 Å². The zero-order chi connectivity index (χ0) is 28.4. The topological polar surface area (TPSA) is 92.2 Å². The van der Waals surface area contributed by atoms with Crippen molar-refractivity contribution in [3.05, 3.63) is 63.3 Å². The number of hydrogen-bond donors (Lipinski definition) is 0. The van der Waals surface area contributed by atoms with Gasteiger partial charge in [0.2, 0.25) is 5.91 Å². The van der Waals surface area contributed by atoms with Gasteiger partial charge in [0.25, 0.3) is 0 Å². The maximum atomic E-state index is 14.3. The number of ether oxygens (including phenoxy) is 1. The number of carbonyl (C=O) groups is 2. The molecule has 1 saturated heterocycles. The number of pyridine rings is 1. The largest absolute Gasteiger partial charge is 0.444 e. The maximum absolute atomic E-state index is 14.3. The van der Waals surface area contributed by atoms with Crippen molar-refractivity contribution in [1.82, 2.24) is 9.88 Å². The quantitative estimate of drug-likeness (QED) is 0.276. The standard InChI is InChI=1S/C30H39ClN4O4/c1-6-10-25(23(19-33-38)20(2)31)35-26-24(30(27(35)36)13-8-7-9-14-30)17-22(18-32-26)21-11-15-34(16-12-21)28(37)39-29(3,4)5/h6,10,17-18,21H,2,7-9,11-16,19H2,1,3-5H3/b10-6?,25-23+. The van der Waals surface area contributed by atoms with Gasteiger partial charge in [0.05, 0.1) is 11.1 Å². The molecular weight excluding hydrogens is 516 g/mol. The third kappa shape index (κ3) is 5.81. The molecule has 3 heterocycles. The van der Waals surface area contributed by atoms with Gasteiger partial charge in [0, 0.05) is 35.5 Å². The van der Waals surface area contributed by atoms with Gasteiger partial charge in [-0.15, -0.1) is 0 Å². The van der Waals surface area contributed by atoms with Gasteiger partial charge in [-0.3, -0.25) is 9.69 Å². The lowest BCUT2D eigenvalue weighted by Gasteiger charge is -2.34. The molecule has 0 unspecified atom stereocenters.